The zero-order valence-corrected chi connectivity index (χ0v) is 17.6. The normalized spacial score (nSPS) is 17.5. The van der Waals surface area contributed by atoms with Crippen molar-refractivity contribution in [2.75, 3.05) is 5.32 Å². The molecule has 1 N–H and O–H groups in total. The summed E-state index contributed by atoms with van der Waals surface area (Å²) < 4.78 is 3.78. The van der Waals surface area contributed by atoms with Gasteiger partial charge >= 0.3 is 0 Å². The van der Waals surface area contributed by atoms with Crippen LogP contribution in [0.2, 0.25) is 0 Å². The van der Waals surface area contributed by atoms with E-state index in [4.69, 9.17) is 10.1 Å². The standard InChI is InChI=1S/C23H25N7O/c1-29-21-18(13-25-29)19(9-10-24-21)28-23(31)16-11-20(14-7-8-14)27-22-17(16)12-26-30(22)15-5-3-2-4-6-15/h9-15H,2-8H2,1H3,(H,24,28,31). The average molecular weight is 416 g/mol. The van der Waals surface area contributed by atoms with Crippen molar-refractivity contribution in [3.8, 4) is 0 Å². The molecule has 158 valence electrons. The molecule has 1 amide bonds. The van der Waals surface area contributed by atoms with Crippen LogP contribution in [0.1, 0.15) is 73.0 Å². The molecule has 0 radical (unpaired) electrons. The van der Waals surface area contributed by atoms with Gasteiger partial charge in [0.1, 0.15) is 0 Å². The van der Waals surface area contributed by atoms with Crippen LogP contribution in [0.15, 0.2) is 30.7 Å². The predicted molar refractivity (Wildman–Crippen MR) is 118 cm³/mol. The van der Waals surface area contributed by atoms with E-state index < -0.39 is 0 Å². The molecule has 0 aromatic carbocycles. The number of aryl methyl sites for hydroxylation is 1. The van der Waals surface area contributed by atoms with Crippen molar-refractivity contribution in [1.29, 1.82) is 0 Å². The van der Waals surface area contributed by atoms with Gasteiger partial charge in [0.15, 0.2) is 11.3 Å². The molecular weight excluding hydrogens is 390 g/mol. The molecule has 0 unspecified atom stereocenters. The van der Waals surface area contributed by atoms with Crippen molar-refractivity contribution >= 4 is 33.7 Å². The highest BCUT2D eigenvalue weighted by Crippen LogP contribution is 2.41. The molecule has 8 heteroatoms. The van der Waals surface area contributed by atoms with Gasteiger partial charge in [0.25, 0.3) is 5.91 Å². The maximum Gasteiger partial charge on any atom is 0.256 e. The van der Waals surface area contributed by atoms with Crippen molar-refractivity contribution in [1.82, 2.24) is 29.5 Å². The van der Waals surface area contributed by atoms with Gasteiger partial charge in [-0.05, 0) is 37.8 Å². The Kier molecular flexibility index (Phi) is 4.26. The topological polar surface area (TPSA) is 90.5 Å². The SMILES string of the molecule is Cn1ncc2c(NC(=O)c3cc(C4CC4)nc4c3cnn4C3CCCCC3)ccnc21. The summed E-state index contributed by atoms with van der Waals surface area (Å²) in [7, 11) is 1.84. The zero-order chi connectivity index (χ0) is 20.9. The maximum absolute atomic E-state index is 13.4. The van der Waals surface area contributed by atoms with Crippen LogP contribution in [-0.4, -0.2) is 35.4 Å². The Balaban J connectivity index is 1.42. The van der Waals surface area contributed by atoms with E-state index in [-0.39, 0.29) is 5.91 Å². The molecule has 4 heterocycles. The van der Waals surface area contributed by atoms with Crippen molar-refractivity contribution in [2.24, 2.45) is 7.05 Å². The van der Waals surface area contributed by atoms with Gasteiger partial charge in [-0.2, -0.15) is 10.2 Å². The van der Waals surface area contributed by atoms with Crippen molar-refractivity contribution in [3.05, 3.63) is 42.0 Å². The second-order valence-electron chi connectivity index (χ2n) is 8.81. The summed E-state index contributed by atoms with van der Waals surface area (Å²) in [6.07, 6.45) is 13.5. The zero-order valence-electron chi connectivity index (χ0n) is 17.6. The number of carbonyl (C=O) groups is 1. The largest absolute Gasteiger partial charge is 0.321 e. The van der Waals surface area contributed by atoms with E-state index in [9.17, 15) is 4.79 Å². The lowest BCUT2D eigenvalue weighted by Gasteiger charge is -2.22. The number of fused-ring (bicyclic) bond motifs is 2. The Labute approximate surface area is 179 Å². The summed E-state index contributed by atoms with van der Waals surface area (Å²) in [6, 6.07) is 4.15. The third-order valence-corrected chi connectivity index (χ3v) is 6.63. The molecule has 0 spiro atoms. The van der Waals surface area contributed by atoms with E-state index in [0.717, 1.165) is 53.4 Å². The molecule has 6 rings (SSSR count). The molecular formula is C23H25N7O. The van der Waals surface area contributed by atoms with Crippen molar-refractivity contribution < 1.29 is 4.79 Å². The quantitative estimate of drug-likeness (QED) is 0.535. The first kappa shape index (κ1) is 18.5. The summed E-state index contributed by atoms with van der Waals surface area (Å²) in [5.41, 5.74) is 3.95. The number of amides is 1. The number of hydrogen-bond donors (Lipinski definition) is 1. The van der Waals surface area contributed by atoms with Crippen LogP contribution in [0.5, 0.6) is 0 Å². The molecule has 4 aromatic rings. The molecule has 0 aliphatic heterocycles. The summed E-state index contributed by atoms with van der Waals surface area (Å²) >= 11 is 0. The highest BCUT2D eigenvalue weighted by Gasteiger charge is 2.29. The lowest BCUT2D eigenvalue weighted by molar-refractivity contribution is 0.102. The lowest BCUT2D eigenvalue weighted by Crippen LogP contribution is -2.16. The number of nitrogens with one attached hydrogen (secondary N) is 1. The maximum atomic E-state index is 13.4. The van der Waals surface area contributed by atoms with Gasteiger partial charge in [0.2, 0.25) is 0 Å². The summed E-state index contributed by atoms with van der Waals surface area (Å²) in [6.45, 7) is 0. The van der Waals surface area contributed by atoms with Crippen LogP contribution in [-0.2, 0) is 7.05 Å². The van der Waals surface area contributed by atoms with Crippen LogP contribution in [0.3, 0.4) is 0 Å². The molecule has 4 aromatic heterocycles. The highest BCUT2D eigenvalue weighted by molar-refractivity contribution is 6.14. The molecule has 8 nitrogen and oxygen atoms in total. The van der Waals surface area contributed by atoms with Gasteiger partial charge in [0, 0.05) is 24.9 Å². The third kappa shape index (κ3) is 3.17. The summed E-state index contributed by atoms with van der Waals surface area (Å²) in [5, 5.41) is 13.7. The van der Waals surface area contributed by atoms with E-state index >= 15 is 0 Å². The number of anilines is 1. The van der Waals surface area contributed by atoms with Crippen LogP contribution >= 0.6 is 0 Å². The predicted octanol–water partition coefficient (Wildman–Crippen LogP) is 4.35. The van der Waals surface area contributed by atoms with Gasteiger partial charge in [-0.15, -0.1) is 0 Å². The number of aromatic nitrogens is 6. The second kappa shape index (κ2) is 7.14. The number of pyridine rings is 2. The van der Waals surface area contributed by atoms with Crippen LogP contribution in [0.25, 0.3) is 22.1 Å². The number of nitrogens with zero attached hydrogens (tertiary/aromatic N) is 6. The molecule has 2 aliphatic rings. The summed E-state index contributed by atoms with van der Waals surface area (Å²) in [5.74, 6) is 0.311. The summed E-state index contributed by atoms with van der Waals surface area (Å²) in [4.78, 5) is 22.8. The van der Waals surface area contributed by atoms with Gasteiger partial charge < -0.3 is 5.32 Å². The van der Waals surface area contributed by atoms with Crippen molar-refractivity contribution in [2.45, 2.75) is 56.9 Å². The average Bonchev–Trinajstić information content (AvgIpc) is 3.46. The number of hydrogen-bond acceptors (Lipinski definition) is 5. The first-order chi connectivity index (χ1) is 15.2. The Bertz CT molecular complexity index is 1290. The van der Waals surface area contributed by atoms with Gasteiger partial charge in [-0.25, -0.2) is 14.6 Å². The highest BCUT2D eigenvalue weighted by atomic mass is 16.1. The van der Waals surface area contributed by atoms with E-state index in [1.54, 1.807) is 17.1 Å². The molecule has 0 atom stereocenters. The fraction of sp³-hybridized carbons (Fsp3) is 0.435. The molecule has 0 bridgehead atoms. The van der Waals surface area contributed by atoms with Gasteiger partial charge in [-0.1, -0.05) is 19.3 Å². The smallest absolute Gasteiger partial charge is 0.256 e. The minimum absolute atomic E-state index is 0.145. The second-order valence-corrected chi connectivity index (χ2v) is 8.81. The molecule has 31 heavy (non-hydrogen) atoms. The lowest BCUT2D eigenvalue weighted by atomic mass is 9.95. The Morgan fingerprint density at radius 2 is 1.84 bits per heavy atom. The Morgan fingerprint density at radius 3 is 2.65 bits per heavy atom. The first-order valence-electron chi connectivity index (χ1n) is 11.2. The van der Waals surface area contributed by atoms with Crippen LogP contribution in [0.4, 0.5) is 5.69 Å². The van der Waals surface area contributed by atoms with Crippen LogP contribution in [0, 0.1) is 0 Å². The van der Waals surface area contributed by atoms with Crippen LogP contribution < -0.4 is 5.32 Å². The fourth-order valence-corrected chi connectivity index (χ4v) is 4.75. The minimum atomic E-state index is -0.145. The van der Waals surface area contributed by atoms with Crippen molar-refractivity contribution in [3.63, 3.8) is 0 Å². The fourth-order valence-electron chi connectivity index (χ4n) is 4.75. The third-order valence-electron chi connectivity index (χ3n) is 6.63. The Morgan fingerprint density at radius 1 is 1.03 bits per heavy atom. The Hall–Kier alpha value is -3.29. The van der Waals surface area contributed by atoms with Gasteiger partial charge in [0.05, 0.1) is 40.5 Å². The first-order valence-corrected chi connectivity index (χ1v) is 11.2. The molecule has 2 aliphatic carbocycles. The number of rotatable bonds is 4. The van der Waals surface area contributed by atoms with Gasteiger partial charge in [-0.3, -0.25) is 9.48 Å². The molecule has 2 fully saturated rings. The minimum Gasteiger partial charge on any atom is -0.321 e. The van der Waals surface area contributed by atoms with E-state index in [1.165, 1.54) is 19.3 Å². The monoisotopic (exact) mass is 415 g/mol. The molecule has 2 saturated carbocycles. The molecule has 0 saturated heterocycles. The van der Waals surface area contributed by atoms with E-state index in [0.29, 0.717) is 23.2 Å². The van der Waals surface area contributed by atoms with E-state index in [2.05, 4.69) is 20.1 Å². The number of carbonyl (C=O) groups excluding carboxylic acids is 1. The van der Waals surface area contributed by atoms with E-state index in [1.807, 2.05) is 25.4 Å².